The molecule has 1 saturated heterocycles. The summed E-state index contributed by atoms with van der Waals surface area (Å²) in [4.78, 5) is 16.1. The Labute approximate surface area is 119 Å². The van der Waals surface area contributed by atoms with Gasteiger partial charge in [-0.15, -0.1) is 0 Å². The Morgan fingerprint density at radius 3 is 2.85 bits per heavy atom. The van der Waals surface area contributed by atoms with Crippen LogP contribution in [0.5, 0.6) is 0 Å². The first kappa shape index (κ1) is 15.0. The van der Waals surface area contributed by atoms with Crippen molar-refractivity contribution in [2.75, 3.05) is 6.61 Å². The van der Waals surface area contributed by atoms with Gasteiger partial charge < -0.3 is 14.6 Å². The smallest absolute Gasteiger partial charge is 0.227 e. The summed E-state index contributed by atoms with van der Waals surface area (Å²) in [6.07, 6.45) is 3.07. The van der Waals surface area contributed by atoms with Crippen LogP contribution in [0.15, 0.2) is 4.52 Å². The largest absolute Gasteiger partial charge is 0.376 e. The lowest BCUT2D eigenvalue weighted by Gasteiger charge is -2.19. The molecule has 112 valence electrons. The molecule has 1 aromatic heterocycles. The fourth-order valence-corrected chi connectivity index (χ4v) is 2.24. The Morgan fingerprint density at radius 1 is 1.45 bits per heavy atom. The number of hydrogen-bond donors (Lipinski definition) is 1. The summed E-state index contributed by atoms with van der Waals surface area (Å²) in [7, 11) is 0. The predicted octanol–water partition coefficient (Wildman–Crippen LogP) is 1.81. The molecule has 0 spiro atoms. The molecule has 20 heavy (non-hydrogen) atoms. The first-order chi connectivity index (χ1) is 9.56. The van der Waals surface area contributed by atoms with Gasteiger partial charge in [-0.2, -0.15) is 4.98 Å². The number of ether oxygens (including phenoxy) is 1. The van der Waals surface area contributed by atoms with E-state index in [2.05, 4.69) is 15.5 Å². The van der Waals surface area contributed by atoms with Crippen LogP contribution in [0.4, 0.5) is 0 Å². The molecule has 2 atom stereocenters. The molecule has 0 aliphatic carbocycles. The van der Waals surface area contributed by atoms with Gasteiger partial charge in [-0.3, -0.25) is 4.79 Å². The normalized spacial score (nSPS) is 20.3. The average molecular weight is 281 g/mol. The highest BCUT2D eigenvalue weighted by Gasteiger charge is 2.23. The number of nitrogens with one attached hydrogen (secondary N) is 1. The zero-order chi connectivity index (χ0) is 14.5. The van der Waals surface area contributed by atoms with Gasteiger partial charge in [-0.05, 0) is 19.8 Å². The Morgan fingerprint density at radius 2 is 2.25 bits per heavy atom. The van der Waals surface area contributed by atoms with Crippen molar-refractivity contribution in [3.63, 3.8) is 0 Å². The van der Waals surface area contributed by atoms with Gasteiger partial charge in [0.1, 0.15) is 0 Å². The van der Waals surface area contributed by atoms with Crippen molar-refractivity contribution < 1.29 is 14.1 Å². The van der Waals surface area contributed by atoms with E-state index >= 15 is 0 Å². The van der Waals surface area contributed by atoms with E-state index in [4.69, 9.17) is 9.26 Å². The van der Waals surface area contributed by atoms with Gasteiger partial charge in [-0.1, -0.05) is 19.0 Å². The van der Waals surface area contributed by atoms with E-state index in [1.807, 2.05) is 20.8 Å². The van der Waals surface area contributed by atoms with E-state index < -0.39 is 0 Å². The number of aryl methyl sites for hydroxylation is 1. The summed E-state index contributed by atoms with van der Waals surface area (Å²) in [5.41, 5.74) is 0. The summed E-state index contributed by atoms with van der Waals surface area (Å²) in [6, 6.07) is 0.0545. The van der Waals surface area contributed by atoms with Crippen molar-refractivity contribution in [1.29, 1.82) is 0 Å². The van der Waals surface area contributed by atoms with Crippen LogP contribution in [0.2, 0.25) is 0 Å². The third-order valence-corrected chi connectivity index (χ3v) is 3.48. The SMILES string of the molecule is CC(C)c1noc(CCC(=O)N[C@@H](C)[C@@H]2CCCO2)n1. The van der Waals surface area contributed by atoms with Crippen molar-refractivity contribution in [2.45, 2.75) is 64.5 Å². The second-order valence-corrected chi connectivity index (χ2v) is 5.61. The van der Waals surface area contributed by atoms with E-state index in [0.717, 1.165) is 19.4 Å². The zero-order valence-electron chi connectivity index (χ0n) is 12.4. The molecule has 6 heteroatoms. The summed E-state index contributed by atoms with van der Waals surface area (Å²) >= 11 is 0. The van der Waals surface area contributed by atoms with Gasteiger partial charge in [-0.25, -0.2) is 0 Å². The molecule has 0 radical (unpaired) electrons. The summed E-state index contributed by atoms with van der Waals surface area (Å²) < 4.78 is 10.7. The number of carbonyl (C=O) groups is 1. The maximum Gasteiger partial charge on any atom is 0.227 e. The Balaban J connectivity index is 1.73. The highest BCUT2D eigenvalue weighted by atomic mass is 16.5. The Kier molecular flexibility index (Phi) is 5.11. The van der Waals surface area contributed by atoms with Crippen molar-refractivity contribution in [3.05, 3.63) is 11.7 Å². The van der Waals surface area contributed by atoms with Crippen LogP contribution in [0.3, 0.4) is 0 Å². The van der Waals surface area contributed by atoms with E-state index in [1.165, 1.54) is 0 Å². The van der Waals surface area contributed by atoms with Gasteiger partial charge in [0.15, 0.2) is 5.82 Å². The Bertz CT molecular complexity index is 439. The molecular weight excluding hydrogens is 258 g/mol. The third kappa shape index (κ3) is 4.03. The summed E-state index contributed by atoms with van der Waals surface area (Å²) in [6.45, 7) is 6.79. The molecule has 0 bridgehead atoms. The molecular formula is C14H23N3O3. The van der Waals surface area contributed by atoms with Gasteiger partial charge in [0.2, 0.25) is 11.8 Å². The number of rotatable bonds is 6. The maximum atomic E-state index is 11.9. The van der Waals surface area contributed by atoms with E-state index in [9.17, 15) is 4.79 Å². The molecule has 1 aliphatic heterocycles. The quantitative estimate of drug-likeness (QED) is 0.860. The number of aromatic nitrogens is 2. The van der Waals surface area contributed by atoms with E-state index in [1.54, 1.807) is 0 Å². The molecule has 1 fully saturated rings. The standard InChI is InChI=1S/C14H23N3O3/c1-9(2)14-16-13(20-17-14)7-6-12(18)15-10(3)11-5-4-8-19-11/h9-11H,4-8H2,1-3H3,(H,15,18)/t10-,11-/m0/s1. The van der Waals surface area contributed by atoms with Gasteiger partial charge in [0, 0.05) is 25.4 Å². The molecule has 2 rings (SSSR count). The van der Waals surface area contributed by atoms with Crippen LogP contribution in [-0.4, -0.2) is 34.8 Å². The lowest BCUT2D eigenvalue weighted by Crippen LogP contribution is -2.40. The lowest BCUT2D eigenvalue weighted by atomic mass is 10.1. The third-order valence-electron chi connectivity index (χ3n) is 3.48. The first-order valence-electron chi connectivity index (χ1n) is 7.29. The predicted molar refractivity (Wildman–Crippen MR) is 73.3 cm³/mol. The highest BCUT2D eigenvalue weighted by Crippen LogP contribution is 2.15. The van der Waals surface area contributed by atoms with Crippen molar-refractivity contribution in [2.24, 2.45) is 0 Å². The minimum Gasteiger partial charge on any atom is -0.376 e. The van der Waals surface area contributed by atoms with Crippen LogP contribution >= 0.6 is 0 Å². The minimum absolute atomic E-state index is 0.00250. The minimum atomic E-state index is -0.00250. The van der Waals surface area contributed by atoms with E-state index in [0.29, 0.717) is 24.6 Å². The van der Waals surface area contributed by atoms with Gasteiger partial charge >= 0.3 is 0 Å². The molecule has 1 aliphatic rings. The monoisotopic (exact) mass is 281 g/mol. The van der Waals surface area contributed by atoms with Crippen molar-refractivity contribution in [3.8, 4) is 0 Å². The average Bonchev–Trinajstić information content (AvgIpc) is 3.07. The second kappa shape index (κ2) is 6.83. The highest BCUT2D eigenvalue weighted by molar-refractivity contribution is 5.76. The lowest BCUT2D eigenvalue weighted by molar-refractivity contribution is -0.122. The number of carbonyl (C=O) groups excluding carboxylic acids is 1. The molecule has 0 unspecified atom stereocenters. The van der Waals surface area contributed by atoms with Crippen LogP contribution in [0.1, 0.15) is 57.7 Å². The molecule has 0 aromatic carbocycles. The van der Waals surface area contributed by atoms with Crippen molar-refractivity contribution in [1.82, 2.24) is 15.5 Å². The first-order valence-corrected chi connectivity index (χ1v) is 7.29. The summed E-state index contributed by atoms with van der Waals surface area (Å²) in [5.74, 6) is 1.44. The molecule has 2 heterocycles. The number of hydrogen-bond acceptors (Lipinski definition) is 5. The maximum absolute atomic E-state index is 11.9. The molecule has 1 N–H and O–H groups in total. The van der Waals surface area contributed by atoms with Crippen LogP contribution in [0.25, 0.3) is 0 Å². The van der Waals surface area contributed by atoms with Gasteiger partial charge in [0.25, 0.3) is 0 Å². The molecule has 6 nitrogen and oxygen atoms in total. The molecule has 1 aromatic rings. The van der Waals surface area contributed by atoms with Crippen LogP contribution in [0, 0.1) is 0 Å². The molecule has 0 saturated carbocycles. The van der Waals surface area contributed by atoms with Crippen LogP contribution in [-0.2, 0) is 16.0 Å². The zero-order valence-corrected chi connectivity index (χ0v) is 12.4. The fourth-order valence-electron chi connectivity index (χ4n) is 2.24. The topological polar surface area (TPSA) is 77.2 Å². The summed E-state index contributed by atoms with van der Waals surface area (Å²) in [5, 5.41) is 6.85. The van der Waals surface area contributed by atoms with Gasteiger partial charge in [0.05, 0.1) is 12.1 Å². The fraction of sp³-hybridized carbons (Fsp3) is 0.786. The van der Waals surface area contributed by atoms with E-state index in [-0.39, 0.29) is 24.0 Å². The number of amides is 1. The van der Waals surface area contributed by atoms with Crippen molar-refractivity contribution >= 4 is 5.91 Å². The second-order valence-electron chi connectivity index (χ2n) is 5.61. The number of nitrogens with zero attached hydrogens (tertiary/aromatic N) is 2. The molecule has 1 amide bonds. The van der Waals surface area contributed by atoms with Crippen LogP contribution < -0.4 is 5.32 Å². The Hall–Kier alpha value is -1.43.